The number of aldehydes is 1. The fourth-order valence-corrected chi connectivity index (χ4v) is 2.35. The summed E-state index contributed by atoms with van der Waals surface area (Å²) in [5, 5.41) is 2.72. The molecule has 0 aliphatic carbocycles. The van der Waals surface area contributed by atoms with E-state index in [1.165, 1.54) is 0 Å². The molecular weight excluding hydrogens is 402 g/mol. The van der Waals surface area contributed by atoms with E-state index in [0.29, 0.717) is 21.5 Å². The van der Waals surface area contributed by atoms with Gasteiger partial charge in [-0.1, -0.05) is 37.9 Å². The third kappa shape index (κ3) is 4.68. The zero-order chi connectivity index (χ0) is 15.2. The van der Waals surface area contributed by atoms with Crippen LogP contribution in [0.15, 0.2) is 51.4 Å². The fraction of sp³-hybridized carbons (Fsp3) is 0.0667. The zero-order valence-electron chi connectivity index (χ0n) is 10.8. The van der Waals surface area contributed by atoms with Gasteiger partial charge in [0.25, 0.3) is 5.91 Å². The molecule has 1 N–H and O–H groups in total. The van der Waals surface area contributed by atoms with Crippen LogP contribution in [-0.4, -0.2) is 18.8 Å². The van der Waals surface area contributed by atoms with Crippen LogP contribution in [0.2, 0.25) is 0 Å². The molecule has 0 saturated heterocycles. The summed E-state index contributed by atoms with van der Waals surface area (Å²) in [6, 6.07) is 12.2. The Bertz CT molecular complexity index is 674. The van der Waals surface area contributed by atoms with Crippen molar-refractivity contribution in [2.24, 2.45) is 0 Å². The van der Waals surface area contributed by atoms with Crippen molar-refractivity contribution in [1.82, 2.24) is 0 Å². The Morgan fingerprint density at radius 1 is 1.19 bits per heavy atom. The number of nitrogens with one attached hydrogen (secondary N) is 1. The molecule has 0 aromatic heterocycles. The Morgan fingerprint density at radius 3 is 2.71 bits per heavy atom. The monoisotopic (exact) mass is 411 g/mol. The Labute approximate surface area is 138 Å². The number of rotatable bonds is 5. The lowest BCUT2D eigenvalue weighted by molar-refractivity contribution is -0.118. The summed E-state index contributed by atoms with van der Waals surface area (Å²) in [5.74, 6) is 0.188. The summed E-state index contributed by atoms with van der Waals surface area (Å²) in [4.78, 5) is 22.6. The minimum absolute atomic E-state index is 0.132. The van der Waals surface area contributed by atoms with Crippen molar-refractivity contribution < 1.29 is 14.3 Å². The first kappa shape index (κ1) is 15.7. The number of hydrogen-bond acceptors (Lipinski definition) is 3. The summed E-state index contributed by atoms with van der Waals surface area (Å²) in [7, 11) is 0. The van der Waals surface area contributed by atoms with Crippen LogP contribution in [0.25, 0.3) is 0 Å². The van der Waals surface area contributed by atoms with Gasteiger partial charge in [0, 0.05) is 20.2 Å². The zero-order valence-corrected chi connectivity index (χ0v) is 14.0. The number of anilines is 1. The largest absolute Gasteiger partial charge is 0.484 e. The van der Waals surface area contributed by atoms with Gasteiger partial charge >= 0.3 is 0 Å². The van der Waals surface area contributed by atoms with E-state index in [4.69, 9.17) is 4.74 Å². The Hall–Kier alpha value is -1.66. The van der Waals surface area contributed by atoms with Crippen molar-refractivity contribution in [3.63, 3.8) is 0 Å². The van der Waals surface area contributed by atoms with E-state index < -0.39 is 0 Å². The summed E-state index contributed by atoms with van der Waals surface area (Å²) in [5.41, 5.74) is 1.15. The normalized spacial score (nSPS) is 10.0. The van der Waals surface area contributed by atoms with Gasteiger partial charge < -0.3 is 10.1 Å². The predicted octanol–water partition coefficient (Wildman–Crippen LogP) is 4.04. The lowest BCUT2D eigenvalue weighted by atomic mass is 10.2. The molecule has 0 atom stereocenters. The summed E-state index contributed by atoms with van der Waals surface area (Å²) >= 11 is 6.58. The van der Waals surface area contributed by atoms with Crippen molar-refractivity contribution >= 4 is 49.7 Å². The maximum absolute atomic E-state index is 11.8. The number of ether oxygens (including phenoxy) is 1. The molecule has 2 rings (SSSR count). The van der Waals surface area contributed by atoms with E-state index in [0.717, 1.165) is 10.8 Å². The van der Waals surface area contributed by atoms with Gasteiger partial charge in [-0.15, -0.1) is 0 Å². The molecular formula is C15H11Br2NO3. The van der Waals surface area contributed by atoms with Crippen LogP contribution in [0.5, 0.6) is 5.75 Å². The van der Waals surface area contributed by atoms with E-state index in [1.54, 1.807) is 30.3 Å². The SMILES string of the molecule is O=Cc1cc(OCC(=O)Nc2cccc(Br)c2)ccc1Br. The molecule has 0 radical (unpaired) electrons. The first-order valence-corrected chi connectivity index (χ1v) is 7.60. The van der Waals surface area contributed by atoms with E-state index in [-0.39, 0.29) is 12.5 Å². The van der Waals surface area contributed by atoms with E-state index >= 15 is 0 Å². The molecule has 4 nitrogen and oxygen atoms in total. The van der Waals surface area contributed by atoms with E-state index in [9.17, 15) is 9.59 Å². The maximum Gasteiger partial charge on any atom is 0.262 e. The van der Waals surface area contributed by atoms with Crippen LogP contribution in [0.1, 0.15) is 10.4 Å². The summed E-state index contributed by atoms with van der Waals surface area (Å²) in [6.07, 6.45) is 0.721. The van der Waals surface area contributed by atoms with E-state index in [1.807, 2.05) is 12.1 Å². The first-order chi connectivity index (χ1) is 10.1. The lowest BCUT2D eigenvalue weighted by Crippen LogP contribution is -2.20. The Morgan fingerprint density at radius 2 is 2.00 bits per heavy atom. The fourth-order valence-electron chi connectivity index (χ4n) is 1.61. The van der Waals surface area contributed by atoms with Gasteiger partial charge in [0.05, 0.1) is 0 Å². The molecule has 0 aliphatic rings. The first-order valence-electron chi connectivity index (χ1n) is 6.01. The Kier molecular flexibility index (Phi) is 5.52. The molecule has 2 aromatic carbocycles. The molecule has 0 heterocycles. The topological polar surface area (TPSA) is 55.4 Å². The van der Waals surface area contributed by atoms with Gasteiger partial charge in [0.2, 0.25) is 0 Å². The molecule has 0 spiro atoms. The predicted molar refractivity (Wildman–Crippen MR) is 87.8 cm³/mol. The van der Waals surface area contributed by atoms with Crippen molar-refractivity contribution in [2.75, 3.05) is 11.9 Å². The summed E-state index contributed by atoms with van der Waals surface area (Å²) in [6.45, 7) is -0.132. The van der Waals surface area contributed by atoms with Crippen LogP contribution < -0.4 is 10.1 Å². The van der Waals surface area contributed by atoms with Crippen molar-refractivity contribution in [3.8, 4) is 5.75 Å². The third-order valence-corrected chi connectivity index (χ3v) is 3.79. The molecule has 0 unspecified atom stereocenters. The molecule has 21 heavy (non-hydrogen) atoms. The van der Waals surface area contributed by atoms with Gasteiger partial charge in [-0.25, -0.2) is 0 Å². The van der Waals surface area contributed by atoms with Crippen LogP contribution in [0.3, 0.4) is 0 Å². The van der Waals surface area contributed by atoms with Gasteiger partial charge in [-0.2, -0.15) is 0 Å². The highest BCUT2D eigenvalue weighted by atomic mass is 79.9. The quantitative estimate of drug-likeness (QED) is 0.754. The second-order valence-corrected chi connectivity index (χ2v) is 5.92. The average molecular weight is 413 g/mol. The molecule has 6 heteroatoms. The number of halogens is 2. The third-order valence-electron chi connectivity index (χ3n) is 2.57. The van der Waals surface area contributed by atoms with Gasteiger partial charge in [-0.05, 0) is 36.4 Å². The van der Waals surface area contributed by atoms with Crippen molar-refractivity contribution in [2.45, 2.75) is 0 Å². The highest BCUT2D eigenvalue weighted by molar-refractivity contribution is 9.10. The van der Waals surface area contributed by atoms with Crippen LogP contribution >= 0.6 is 31.9 Å². The smallest absolute Gasteiger partial charge is 0.262 e. The molecule has 108 valence electrons. The van der Waals surface area contributed by atoms with Crippen LogP contribution in [0.4, 0.5) is 5.69 Å². The van der Waals surface area contributed by atoms with Crippen LogP contribution in [-0.2, 0) is 4.79 Å². The molecule has 0 fully saturated rings. The second-order valence-electron chi connectivity index (χ2n) is 4.15. The maximum atomic E-state index is 11.8. The van der Waals surface area contributed by atoms with E-state index in [2.05, 4.69) is 37.2 Å². The van der Waals surface area contributed by atoms with Gasteiger partial charge in [-0.3, -0.25) is 9.59 Å². The molecule has 1 amide bonds. The standard InChI is InChI=1S/C15H11Br2NO3/c16-11-2-1-3-12(7-11)18-15(20)9-21-13-4-5-14(17)10(6-13)8-19/h1-8H,9H2,(H,18,20). The molecule has 0 aliphatic heterocycles. The average Bonchev–Trinajstić information content (AvgIpc) is 2.46. The molecule has 0 saturated carbocycles. The van der Waals surface area contributed by atoms with Crippen molar-refractivity contribution in [1.29, 1.82) is 0 Å². The highest BCUT2D eigenvalue weighted by Gasteiger charge is 2.06. The Balaban J connectivity index is 1.93. The number of amides is 1. The lowest BCUT2D eigenvalue weighted by Gasteiger charge is -2.08. The second kappa shape index (κ2) is 7.38. The molecule has 2 aromatic rings. The minimum Gasteiger partial charge on any atom is -0.484 e. The molecule has 0 bridgehead atoms. The van der Waals surface area contributed by atoms with Gasteiger partial charge in [0.15, 0.2) is 12.9 Å². The summed E-state index contributed by atoms with van der Waals surface area (Å²) < 4.78 is 6.93. The van der Waals surface area contributed by atoms with Gasteiger partial charge in [0.1, 0.15) is 5.75 Å². The van der Waals surface area contributed by atoms with Crippen LogP contribution in [0, 0.1) is 0 Å². The number of carbonyl (C=O) groups is 2. The van der Waals surface area contributed by atoms with Crippen molar-refractivity contribution in [3.05, 3.63) is 57.0 Å². The minimum atomic E-state index is -0.274. The number of carbonyl (C=O) groups excluding carboxylic acids is 2. The number of hydrogen-bond donors (Lipinski definition) is 1. The number of benzene rings is 2. The highest BCUT2D eigenvalue weighted by Crippen LogP contribution is 2.21.